The fourth-order valence-electron chi connectivity index (χ4n) is 3.40. The Hall–Kier alpha value is -0.570. The fraction of sp³-hybridized carbons (Fsp3) is 0.938. The second-order valence-corrected chi connectivity index (χ2v) is 6.27. The zero-order chi connectivity index (χ0) is 13.3. The number of carbonyl (C=O) groups is 1. The molecule has 0 bridgehead atoms. The lowest BCUT2D eigenvalue weighted by Gasteiger charge is -2.24. The third kappa shape index (κ3) is 5.52. The Balaban J connectivity index is 1.62. The van der Waals surface area contributed by atoms with Crippen molar-refractivity contribution in [3.63, 3.8) is 0 Å². The summed E-state index contributed by atoms with van der Waals surface area (Å²) in [5, 5.41) is 6.71. The van der Waals surface area contributed by atoms with Gasteiger partial charge in [0.05, 0.1) is 0 Å². The first-order valence-corrected chi connectivity index (χ1v) is 8.37. The van der Waals surface area contributed by atoms with E-state index in [4.69, 9.17) is 0 Å². The minimum atomic E-state index is 0.291. The van der Waals surface area contributed by atoms with Crippen LogP contribution in [0.25, 0.3) is 0 Å². The van der Waals surface area contributed by atoms with Crippen molar-refractivity contribution >= 4 is 5.91 Å². The maximum Gasteiger partial charge on any atom is 0.223 e. The number of carbonyl (C=O) groups excluding carboxylic acids is 1. The number of hydrogen-bond acceptors (Lipinski definition) is 2. The summed E-state index contributed by atoms with van der Waals surface area (Å²) in [6.45, 7) is 2.01. The van der Waals surface area contributed by atoms with Crippen molar-refractivity contribution in [3.8, 4) is 0 Å². The lowest BCUT2D eigenvalue weighted by atomic mass is 9.90. The molecule has 3 heteroatoms. The van der Waals surface area contributed by atoms with Crippen molar-refractivity contribution in [2.45, 2.75) is 76.7 Å². The second kappa shape index (κ2) is 8.57. The minimum absolute atomic E-state index is 0.291. The van der Waals surface area contributed by atoms with Crippen molar-refractivity contribution in [2.75, 3.05) is 13.1 Å². The highest BCUT2D eigenvalue weighted by Gasteiger charge is 2.19. The molecule has 1 aliphatic heterocycles. The van der Waals surface area contributed by atoms with E-state index >= 15 is 0 Å². The molecular formula is C16H30N2O. The van der Waals surface area contributed by atoms with Crippen molar-refractivity contribution in [1.29, 1.82) is 0 Å². The third-order valence-electron chi connectivity index (χ3n) is 4.68. The quantitative estimate of drug-likeness (QED) is 0.821. The van der Waals surface area contributed by atoms with Crippen LogP contribution in [0.3, 0.4) is 0 Å². The molecule has 2 aliphatic rings. The molecule has 2 rings (SSSR count). The molecule has 0 aromatic heterocycles. The molecule has 3 nitrogen and oxygen atoms in total. The highest BCUT2D eigenvalue weighted by Crippen LogP contribution is 2.22. The van der Waals surface area contributed by atoms with Crippen LogP contribution in [0.1, 0.15) is 70.6 Å². The molecule has 2 fully saturated rings. The maximum atomic E-state index is 12.2. The van der Waals surface area contributed by atoms with Crippen LogP contribution in [0, 0.1) is 5.92 Å². The van der Waals surface area contributed by atoms with Crippen molar-refractivity contribution in [3.05, 3.63) is 0 Å². The first-order valence-electron chi connectivity index (χ1n) is 8.37. The predicted octanol–water partition coefficient (Wildman–Crippen LogP) is 3.00. The number of rotatable bonds is 4. The summed E-state index contributed by atoms with van der Waals surface area (Å²) in [4.78, 5) is 12.2. The highest BCUT2D eigenvalue weighted by atomic mass is 16.1. The monoisotopic (exact) mass is 266 g/mol. The van der Waals surface area contributed by atoms with Crippen LogP contribution in [0.2, 0.25) is 0 Å². The minimum Gasteiger partial charge on any atom is -0.356 e. The lowest BCUT2D eigenvalue weighted by Crippen LogP contribution is -2.38. The van der Waals surface area contributed by atoms with E-state index in [0.29, 0.717) is 17.9 Å². The van der Waals surface area contributed by atoms with Gasteiger partial charge in [-0.1, -0.05) is 38.5 Å². The van der Waals surface area contributed by atoms with Gasteiger partial charge in [-0.15, -0.1) is 0 Å². The molecule has 1 unspecified atom stereocenters. The van der Waals surface area contributed by atoms with E-state index in [-0.39, 0.29) is 0 Å². The molecule has 110 valence electrons. The molecular weight excluding hydrogens is 236 g/mol. The standard InChI is InChI=1S/C16H30N2O/c19-16(14-8-4-2-1-3-5-9-14)18-13-11-15-10-6-7-12-17-15/h14-15,17H,1-13H2,(H,18,19). The highest BCUT2D eigenvalue weighted by molar-refractivity contribution is 5.78. The van der Waals surface area contributed by atoms with E-state index in [9.17, 15) is 4.79 Å². The third-order valence-corrected chi connectivity index (χ3v) is 4.68. The Morgan fingerprint density at radius 3 is 2.32 bits per heavy atom. The van der Waals surface area contributed by atoms with Crippen LogP contribution in [0.15, 0.2) is 0 Å². The molecule has 0 aromatic rings. The summed E-state index contributed by atoms with van der Waals surface area (Å²) in [6, 6.07) is 0.631. The molecule has 0 spiro atoms. The molecule has 2 N–H and O–H groups in total. The molecule has 1 saturated carbocycles. The average Bonchev–Trinajstić information content (AvgIpc) is 2.39. The summed E-state index contributed by atoms with van der Waals surface area (Å²) >= 11 is 0. The van der Waals surface area contributed by atoms with Crippen LogP contribution in [0.5, 0.6) is 0 Å². The summed E-state index contributed by atoms with van der Waals surface area (Å²) in [7, 11) is 0. The van der Waals surface area contributed by atoms with E-state index < -0.39 is 0 Å². The molecule has 1 atom stereocenters. The van der Waals surface area contributed by atoms with Gasteiger partial charge in [-0.25, -0.2) is 0 Å². The zero-order valence-corrected chi connectivity index (χ0v) is 12.3. The molecule has 1 heterocycles. The van der Waals surface area contributed by atoms with Crippen LogP contribution >= 0.6 is 0 Å². The number of amides is 1. The van der Waals surface area contributed by atoms with Crippen molar-refractivity contribution in [1.82, 2.24) is 10.6 Å². The number of nitrogens with one attached hydrogen (secondary N) is 2. The molecule has 0 aromatic carbocycles. The van der Waals surface area contributed by atoms with Crippen LogP contribution < -0.4 is 10.6 Å². The lowest BCUT2D eigenvalue weighted by molar-refractivity contribution is -0.125. The normalized spacial score (nSPS) is 26.4. The van der Waals surface area contributed by atoms with Crippen LogP contribution in [-0.4, -0.2) is 25.0 Å². The van der Waals surface area contributed by atoms with Crippen molar-refractivity contribution in [2.24, 2.45) is 5.92 Å². The summed E-state index contributed by atoms with van der Waals surface area (Å²) in [5.74, 6) is 0.609. The van der Waals surface area contributed by atoms with E-state index in [0.717, 1.165) is 32.4 Å². The van der Waals surface area contributed by atoms with E-state index in [1.807, 2.05) is 0 Å². The van der Waals surface area contributed by atoms with Gasteiger partial charge in [-0.3, -0.25) is 4.79 Å². The zero-order valence-electron chi connectivity index (χ0n) is 12.3. The smallest absolute Gasteiger partial charge is 0.223 e. The van der Waals surface area contributed by atoms with Gasteiger partial charge < -0.3 is 10.6 Å². The van der Waals surface area contributed by atoms with Gasteiger partial charge in [0.15, 0.2) is 0 Å². The molecule has 1 amide bonds. The Kier molecular flexibility index (Phi) is 6.69. The van der Waals surface area contributed by atoms with E-state index in [2.05, 4.69) is 10.6 Å². The maximum absolute atomic E-state index is 12.2. The average molecular weight is 266 g/mol. The van der Waals surface area contributed by atoms with Gasteiger partial charge in [-0.05, 0) is 38.6 Å². The van der Waals surface area contributed by atoms with Gasteiger partial charge in [0, 0.05) is 18.5 Å². The first-order chi connectivity index (χ1) is 9.36. The van der Waals surface area contributed by atoms with Gasteiger partial charge >= 0.3 is 0 Å². The Morgan fingerprint density at radius 2 is 1.63 bits per heavy atom. The van der Waals surface area contributed by atoms with Gasteiger partial charge in [0.2, 0.25) is 5.91 Å². The van der Waals surface area contributed by atoms with Gasteiger partial charge in [-0.2, -0.15) is 0 Å². The predicted molar refractivity (Wildman–Crippen MR) is 79.1 cm³/mol. The largest absolute Gasteiger partial charge is 0.356 e. The van der Waals surface area contributed by atoms with E-state index in [1.165, 1.54) is 51.4 Å². The molecule has 1 aliphatic carbocycles. The number of hydrogen-bond donors (Lipinski definition) is 2. The molecule has 1 saturated heterocycles. The molecule has 19 heavy (non-hydrogen) atoms. The number of piperidine rings is 1. The molecule has 0 radical (unpaired) electrons. The topological polar surface area (TPSA) is 41.1 Å². The van der Waals surface area contributed by atoms with Gasteiger partial charge in [0.1, 0.15) is 0 Å². The SMILES string of the molecule is O=C(NCCC1CCCCN1)C1CCCCCCC1. The summed E-state index contributed by atoms with van der Waals surface area (Å²) < 4.78 is 0. The Bertz CT molecular complexity index is 253. The van der Waals surface area contributed by atoms with Crippen LogP contribution in [-0.2, 0) is 4.79 Å². The van der Waals surface area contributed by atoms with Gasteiger partial charge in [0.25, 0.3) is 0 Å². The van der Waals surface area contributed by atoms with Crippen molar-refractivity contribution < 1.29 is 4.79 Å². The summed E-state index contributed by atoms with van der Waals surface area (Å²) in [6.07, 6.45) is 13.7. The second-order valence-electron chi connectivity index (χ2n) is 6.27. The fourth-order valence-corrected chi connectivity index (χ4v) is 3.40. The summed E-state index contributed by atoms with van der Waals surface area (Å²) in [5.41, 5.74) is 0. The first kappa shape index (κ1) is 14.8. The Morgan fingerprint density at radius 1 is 0.947 bits per heavy atom. The Labute approximate surface area is 117 Å². The van der Waals surface area contributed by atoms with Crippen LogP contribution in [0.4, 0.5) is 0 Å². The van der Waals surface area contributed by atoms with E-state index in [1.54, 1.807) is 0 Å².